The highest BCUT2D eigenvalue weighted by atomic mass is 35.5. The molecule has 0 spiro atoms. The van der Waals surface area contributed by atoms with Gasteiger partial charge in [0.2, 0.25) is 10.9 Å². The Bertz CT molecular complexity index is 1000. The van der Waals surface area contributed by atoms with Gasteiger partial charge in [-0.05, 0) is 37.1 Å². The maximum absolute atomic E-state index is 13.8. The molecule has 1 fully saturated rings. The van der Waals surface area contributed by atoms with E-state index in [1.807, 2.05) is 0 Å². The van der Waals surface area contributed by atoms with Crippen LogP contribution in [0.1, 0.15) is 52.8 Å². The van der Waals surface area contributed by atoms with Gasteiger partial charge in [0, 0.05) is 17.9 Å². The molecule has 9 heteroatoms. The van der Waals surface area contributed by atoms with Gasteiger partial charge in [0.15, 0.2) is 5.56 Å². The van der Waals surface area contributed by atoms with Crippen LogP contribution >= 0.6 is 42.6 Å². The molecule has 164 valence electrons. The number of ether oxygens (including phenoxy) is 2. The van der Waals surface area contributed by atoms with Crippen molar-refractivity contribution in [1.82, 2.24) is 0 Å². The van der Waals surface area contributed by atoms with Crippen LogP contribution in [0.2, 0.25) is 15.1 Å². The average molecular weight is 503 g/mol. The van der Waals surface area contributed by atoms with E-state index in [-0.39, 0.29) is 37.7 Å². The maximum Gasteiger partial charge on any atom is 0.434 e. The summed E-state index contributed by atoms with van der Waals surface area (Å²) in [5.74, 6) is -0.0375. The Kier molecular flexibility index (Phi) is 7.64. The lowest BCUT2D eigenvalue weighted by atomic mass is 9.82. The normalized spacial score (nSPS) is 15.8. The van der Waals surface area contributed by atoms with Crippen molar-refractivity contribution < 1.29 is 23.6 Å². The summed E-state index contributed by atoms with van der Waals surface area (Å²) in [5.41, 5.74) is -0.599. The Balaban J connectivity index is 2.13. The second kappa shape index (κ2) is 9.87. The van der Waals surface area contributed by atoms with E-state index in [4.69, 9.17) is 44.3 Å². The lowest BCUT2D eigenvalue weighted by molar-refractivity contribution is 0.0903. The van der Waals surface area contributed by atoms with Crippen LogP contribution in [-0.4, -0.2) is 30.7 Å². The van der Waals surface area contributed by atoms with Crippen LogP contribution in [0.3, 0.4) is 0 Å². The monoisotopic (exact) mass is 501 g/mol. The minimum Gasteiger partial charge on any atom is -0.496 e. The number of halogens is 3. The van der Waals surface area contributed by atoms with Crippen LogP contribution in [0.25, 0.3) is 0 Å². The molecule has 1 aliphatic carbocycles. The van der Waals surface area contributed by atoms with E-state index in [1.165, 1.54) is 26.4 Å². The van der Waals surface area contributed by atoms with E-state index in [9.17, 15) is 14.2 Å². The summed E-state index contributed by atoms with van der Waals surface area (Å²) < 4.78 is 24.4. The van der Waals surface area contributed by atoms with Crippen LogP contribution in [0.4, 0.5) is 0 Å². The zero-order valence-corrected chi connectivity index (χ0v) is 20.2. The highest BCUT2D eigenvalue weighted by molar-refractivity contribution is 7.67. The first-order chi connectivity index (χ1) is 14.8. The Hall–Kier alpha value is -1.65. The third-order valence-corrected chi connectivity index (χ3v) is 8.39. The molecule has 0 radical (unpaired) electrons. The fourth-order valence-electron chi connectivity index (χ4n) is 4.01. The maximum atomic E-state index is 13.8. The molecule has 2 aromatic carbocycles. The molecule has 0 saturated heterocycles. The van der Waals surface area contributed by atoms with Crippen molar-refractivity contribution in [2.75, 3.05) is 14.2 Å². The van der Waals surface area contributed by atoms with Gasteiger partial charge in [-0.3, -0.25) is 4.79 Å². The summed E-state index contributed by atoms with van der Waals surface area (Å²) in [6.07, 6.45) is 2.78. The number of carbonyl (C=O) groups is 2. The minimum atomic E-state index is -2.71. The van der Waals surface area contributed by atoms with Crippen LogP contribution in [0, 0.1) is 0 Å². The largest absolute Gasteiger partial charge is 0.496 e. The molecule has 0 amide bonds. The molecule has 0 aromatic heterocycles. The molecule has 1 unspecified atom stereocenters. The smallest absolute Gasteiger partial charge is 0.434 e. The van der Waals surface area contributed by atoms with Crippen molar-refractivity contribution >= 4 is 53.9 Å². The van der Waals surface area contributed by atoms with Gasteiger partial charge in [0.1, 0.15) is 11.5 Å². The van der Waals surface area contributed by atoms with E-state index >= 15 is 0 Å². The van der Waals surface area contributed by atoms with Crippen molar-refractivity contribution in [3.05, 3.63) is 56.5 Å². The molecule has 1 saturated carbocycles. The summed E-state index contributed by atoms with van der Waals surface area (Å²) in [4.78, 5) is 27.2. The predicted octanol–water partition coefficient (Wildman–Crippen LogP) is 7.22. The molecule has 5 nitrogen and oxygen atoms in total. The van der Waals surface area contributed by atoms with Gasteiger partial charge >= 0.3 is 13.3 Å². The molecule has 1 atom stereocenters. The number of hydrogen-bond donors (Lipinski definition) is 0. The number of Topliss-reactive ketones (excluding diaryl/α,β-unsaturated/α-hetero) is 1. The number of benzene rings is 2. The standard InChI is InChI=1S/C22H21Cl3O5P/c1-29-16-7-6-8-17(30-2)19(16)21(27)31(28)22(9-4-3-5-10-22)20(26)18-14(24)11-13(23)12-15(18)25/h6-8,11-12H,3-5,9-10H2,1-2H3/q+1. The molecule has 1 aliphatic rings. The molecule has 2 aromatic rings. The van der Waals surface area contributed by atoms with Crippen molar-refractivity contribution in [3.8, 4) is 11.5 Å². The van der Waals surface area contributed by atoms with E-state index in [1.54, 1.807) is 18.2 Å². The quantitative estimate of drug-likeness (QED) is 0.295. The van der Waals surface area contributed by atoms with Gasteiger partial charge in [-0.2, -0.15) is 0 Å². The lowest BCUT2D eigenvalue weighted by Gasteiger charge is -2.27. The van der Waals surface area contributed by atoms with E-state index in [0.29, 0.717) is 25.7 Å². The molecular formula is C22H21Cl3O5P+. The molecule has 0 N–H and O–H groups in total. The predicted molar refractivity (Wildman–Crippen MR) is 123 cm³/mol. The summed E-state index contributed by atoms with van der Waals surface area (Å²) in [5, 5.41) is -1.00. The van der Waals surface area contributed by atoms with Crippen molar-refractivity contribution in [2.45, 2.75) is 37.3 Å². The number of ketones is 1. The number of carbonyl (C=O) groups excluding carboxylic acids is 2. The van der Waals surface area contributed by atoms with E-state index < -0.39 is 24.3 Å². The Labute approximate surface area is 196 Å². The fraction of sp³-hybridized carbons (Fsp3) is 0.364. The topological polar surface area (TPSA) is 69.7 Å². The zero-order valence-electron chi connectivity index (χ0n) is 17.0. The first kappa shape index (κ1) is 24.0. The van der Waals surface area contributed by atoms with Gasteiger partial charge < -0.3 is 9.47 Å². The van der Waals surface area contributed by atoms with Crippen LogP contribution in [-0.2, 0) is 4.57 Å². The second-order valence-electron chi connectivity index (χ2n) is 7.30. The fourth-order valence-corrected chi connectivity index (χ4v) is 6.83. The van der Waals surface area contributed by atoms with Crippen LogP contribution < -0.4 is 9.47 Å². The van der Waals surface area contributed by atoms with Gasteiger partial charge in [-0.15, -0.1) is 0 Å². The third-order valence-electron chi connectivity index (χ3n) is 5.55. The molecular weight excluding hydrogens is 482 g/mol. The van der Waals surface area contributed by atoms with Gasteiger partial charge in [-0.25, -0.2) is 4.79 Å². The highest BCUT2D eigenvalue weighted by Crippen LogP contribution is 2.55. The molecule has 31 heavy (non-hydrogen) atoms. The number of methoxy groups -OCH3 is 2. The van der Waals surface area contributed by atoms with E-state index in [0.717, 1.165) is 6.42 Å². The SMILES string of the molecule is COc1cccc(OC)c1C(=O)[P+](=O)C1(C(=O)c2c(Cl)cc(Cl)cc2Cl)CCCCC1. The van der Waals surface area contributed by atoms with Crippen molar-refractivity contribution in [3.63, 3.8) is 0 Å². The molecule has 3 rings (SSSR count). The van der Waals surface area contributed by atoms with Gasteiger partial charge in [-0.1, -0.05) is 51.9 Å². The summed E-state index contributed by atoms with van der Waals surface area (Å²) in [6.45, 7) is 0. The first-order valence-electron chi connectivity index (χ1n) is 9.69. The number of rotatable bonds is 7. The van der Waals surface area contributed by atoms with E-state index in [2.05, 4.69) is 0 Å². The summed E-state index contributed by atoms with van der Waals surface area (Å²) >= 11 is 18.6. The molecule has 0 heterocycles. The number of hydrogen-bond acceptors (Lipinski definition) is 5. The summed E-state index contributed by atoms with van der Waals surface area (Å²) in [6, 6.07) is 7.66. The van der Waals surface area contributed by atoms with Crippen LogP contribution in [0.15, 0.2) is 30.3 Å². The summed E-state index contributed by atoms with van der Waals surface area (Å²) in [7, 11) is 0.112. The first-order valence-corrected chi connectivity index (χ1v) is 12.1. The highest BCUT2D eigenvalue weighted by Gasteiger charge is 2.61. The minimum absolute atomic E-state index is 0.0396. The third kappa shape index (κ3) is 4.47. The van der Waals surface area contributed by atoms with Gasteiger partial charge in [0.05, 0.1) is 29.8 Å². The molecule has 0 aliphatic heterocycles. The van der Waals surface area contributed by atoms with Crippen LogP contribution in [0.5, 0.6) is 11.5 Å². The Morgan fingerprint density at radius 2 is 1.42 bits per heavy atom. The average Bonchev–Trinajstić information content (AvgIpc) is 2.77. The zero-order chi connectivity index (χ0) is 22.8. The second-order valence-corrected chi connectivity index (χ2v) is 10.4. The Morgan fingerprint density at radius 3 is 1.90 bits per heavy atom. The van der Waals surface area contributed by atoms with Crippen molar-refractivity contribution in [1.29, 1.82) is 0 Å². The lowest BCUT2D eigenvalue weighted by Crippen LogP contribution is -2.39. The van der Waals surface area contributed by atoms with Gasteiger partial charge in [0.25, 0.3) is 0 Å². The molecule has 0 bridgehead atoms. The van der Waals surface area contributed by atoms with Crippen molar-refractivity contribution in [2.24, 2.45) is 0 Å². The Morgan fingerprint density at radius 1 is 0.903 bits per heavy atom.